The third kappa shape index (κ3) is 3.59. The summed E-state index contributed by atoms with van der Waals surface area (Å²) in [5, 5.41) is 5.39. The summed E-state index contributed by atoms with van der Waals surface area (Å²) in [5.41, 5.74) is 0.862. The number of thiophene rings is 1. The van der Waals surface area contributed by atoms with Gasteiger partial charge in [0.05, 0.1) is 6.20 Å². The van der Waals surface area contributed by atoms with Gasteiger partial charge in [-0.2, -0.15) is 0 Å². The van der Waals surface area contributed by atoms with Gasteiger partial charge in [0.15, 0.2) is 0 Å². The van der Waals surface area contributed by atoms with Gasteiger partial charge in [0.2, 0.25) is 0 Å². The van der Waals surface area contributed by atoms with Gasteiger partial charge in [-0.1, -0.05) is 0 Å². The van der Waals surface area contributed by atoms with Crippen molar-refractivity contribution in [2.75, 3.05) is 0 Å². The zero-order valence-corrected chi connectivity index (χ0v) is 11.7. The van der Waals surface area contributed by atoms with Crippen LogP contribution in [-0.2, 0) is 6.54 Å². The topological polar surface area (TPSA) is 24.9 Å². The van der Waals surface area contributed by atoms with E-state index in [0.717, 1.165) is 16.6 Å². The first-order valence-electron chi connectivity index (χ1n) is 5.22. The maximum Gasteiger partial charge on any atom is 0.141 e. The first-order valence-corrected chi connectivity index (χ1v) is 6.89. The predicted molar refractivity (Wildman–Crippen MR) is 71.5 cm³/mol. The molecule has 1 unspecified atom stereocenters. The lowest BCUT2D eigenvalue weighted by atomic mass is 10.1. The van der Waals surface area contributed by atoms with Gasteiger partial charge in [-0.15, -0.1) is 11.3 Å². The molecule has 2 nitrogen and oxygen atoms in total. The Bertz CT molecular complexity index is 501. The van der Waals surface area contributed by atoms with Crippen LogP contribution in [0.5, 0.6) is 0 Å². The van der Waals surface area contributed by atoms with Crippen molar-refractivity contribution in [2.24, 2.45) is 0 Å². The Labute approximate surface area is 112 Å². The Morgan fingerprint density at radius 2 is 2.29 bits per heavy atom. The quantitative estimate of drug-likeness (QED) is 0.926. The second-order valence-corrected chi connectivity index (χ2v) is 5.68. The lowest BCUT2D eigenvalue weighted by molar-refractivity contribution is 0.564. The molecular weight excluding hydrogens is 303 g/mol. The minimum Gasteiger partial charge on any atom is -0.305 e. The summed E-state index contributed by atoms with van der Waals surface area (Å²) >= 11 is 5.11. The maximum atomic E-state index is 13.0. The van der Waals surface area contributed by atoms with Gasteiger partial charge in [-0.05, 0) is 40.5 Å². The predicted octanol–water partition coefficient (Wildman–Crippen LogP) is 3.90. The first-order chi connectivity index (χ1) is 8.15. The number of nitrogens with zero attached hydrogens (tertiary/aromatic N) is 1. The monoisotopic (exact) mass is 314 g/mol. The van der Waals surface area contributed by atoms with Gasteiger partial charge in [0, 0.05) is 33.5 Å². The van der Waals surface area contributed by atoms with Crippen LogP contribution < -0.4 is 5.32 Å². The molecule has 0 radical (unpaired) electrons. The van der Waals surface area contributed by atoms with E-state index in [1.54, 1.807) is 17.5 Å². The molecule has 0 aliphatic rings. The molecule has 90 valence electrons. The summed E-state index contributed by atoms with van der Waals surface area (Å²) in [7, 11) is 0. The molecule has 0 bridgehead atoms. The molecule has 2 aromatic heterocycles. The van der Waals surface area contributed by atoms with Crippen molar-refractivity contribution < 1.29 is 4.39 Å². The van der Waals surface area contributed by atoms with Gasteiger partial charge in [-0.3, -0.25) is 4.98 Å². The van der Waals surface area contributed by atoms with Crippen LogP contribution in [0.4, 0.5) is 4.39 Å². The number of hydrogen-bond donors (Lipinski definition) is 1. The van der Waals surface area contributed by atoms with Crippen molar-refractivity contribution in [2.45, 2.75) is 19.5 Å². The largest absolute Gasteiger partial charge is 0.305 e. The van der Waals surface area contributed by atoms with Gasteiger partial charge in [-0.25, -0.2) is 4.39 Å². The minimum atomic E-state index is -0.296. The molecular formula is C12H12BrFN2S. The summed E-state index contributed by atoms with van der Waals surface area (Å²) < 4.78 is 14.1. The molecule has 0 saturated heterocycles. The van der Waals surface area contributed by atoms with E-state index < -0.39 is 0 Å². The van der Waals surface area contributed by atoms with Gasteiger partial charge >= 0.3 is 0 Å². The van der Waals surface area contributed by atoms with E-state index in [9.17, 15) is 4.39 Å². The molecule has 0 aliphatic heterocycles. The molecule has 1 N–H and O–H groups in total. The van der Waals surface area contributed by atoms with Crippen molar-refractivity contribution in [1.29, 1.82) is 0 Å². The Morgan fingerprint density at radius 1 is 1.47 bits per heavy atom. The summed E-state index contributed by atoms with van der Waals surface area (Å²) in [5.74, 6) is -0.296. The molecule has 0 aromatic carbocycles. The van der Waals surface area contributed by atoms with Crippen LogP contribution >= 0.6 is 27.3 Å². The molecule has 0 fully saturated rings. The average molecular weight is 315 g/mol. The van der Waals surface area contributed by atoms with Crippen LogP contribution in [0.2, 0.25) is 0 Å². The lowest BCUT2D eigenvalue weighted by Crippen LogP contribution is -2.17. The molecule has 2 aromatic rings. The highest BCUT2D eigenvalue weighted by Gasteiger charge is 2.07. The van der Waals surface area contributed by atoms with E-state index in [-0.39, 0.29) is 11.9 Å². The smallest absolute Gasteiger partial charge is 0.141 e. The molecule has 2 rings (SSSR count). The van der Waals surface area contributed by atoms with Gasteiger partial charge in [0.1, 0.15) is 5.82 Å². The zero-order chi connectivity index (χ0) is 12.3. The molecule has 0 spiro atoms. The molecule has 5 heteroatoms. The van der Waals surface area contributed by atoms with E-state index in [2.05, 4.69) is 32.3 Å². The van der Waals surface area contributed by atoms with E-state index in [4.69, 9.17) is 0 Å². The highest BCUT2D eigenvalue weighted by atomic mass is 79.9. The molecule has 1 atom stereocenters. The SMILES string of the molecule is CC(NCc1cc(Br)cs1)c1cncc(F)c1. The number of halogens is 2. The van der Waals surface area contributed by atoms with Crippen molar-refractivity contribution in [3.05, 3.63) is 50.6 Å². The average Bonchev–Trinajstić information content (AvgIpc) is 2.72. The number of nitrogens with one attached hydrogen (secondary N) is 1. The normalized spacial score (nSPS) is 12.6. The first kappa shape index (κ1) is 12.7. The van der Waals surface area contributed by atoms with E-state index in [0.29, 0.717) is 0 Å². The second-order valence-electron chi connectivity index (χ2n) is 3.77. The number of pyridine rings is 1. The zero-order valence-electron chi connectivity index (χ0n) is 9.28. The number of aromatic nitrogens is 1. The highest BCUT2D eigenvalue weighted by molar-refractivity contribution is 9.10. The van der Waals surface area contributed by atoms with E-state index >= 15 is 0 Å². The Balaban J connectivity index is 1.95. The fourth-order valence-electron chi connectivity index (χ4n) is 1.48. The minimum absolute atomic E-state index is 0.0825. The van der Waals surface area contributed by atoms with E-state index in [1.165, 1.54) is 17.1 Å². The molecule has 0 saturated carbocycles. The summed E-state index contributed by atoms with van der Waals surface area (Å²) in [6.07, 6.45) is 2.90. The van der Waals surface area contributed by atoms with Crippen molar-refractivity contribution >= 4 is 27.3 Å². The van der Waals surface area contributed by atoms with Crippen LogP contribution in [0, 0.1) is 5.82 Å². The third-order valence-corrected chi connectivity index (χ3v) is 4.13. The van der Waals surface area contributed by atoms with Gasteiger partial charge < -0.3 is 5.32 Å². The maximum absolute atomic E-state index is 13.0. The van der Waals surface area contributed by atoms with Crippen LogP contribution in [0.15, 0.2) is 34.4 Å². The third-order valence-electron chi connectivity index (χ3n) is 2.43. The van der Waals surface area contributed by atoms with Crippen LogP contribution in [0.3, 0.4) is 0 Å². The number of hydrogen-bond acceptors (Lipinski definition) is 3. The number of rotatable bonds is 4. The Kier molecular flexibility index (Phi) is 4.25. The van der Waals surface area contributed by atoms with Crippen LogP contribution in [-0.4, -0.2) is 4.98 Å². The fourth-order valence-corrected chi connectivity index (χ4v) is 2.89. The Morgan fingerprint density at radius 3 is 2.94 bits per heavy atom. The van der Waals surface area contributed by atoms with Crippen molar-refractivity contribution in [3.63, 3.8) is 0 Å². The highest BCUT2D eigenvalue weighted by Crippen LogP contribution is 2.20. The van der Waals surface area contributed by atoms with Crippen LogP contribution in [0.1, 0.15) is 23.4 Å². The van der Waals surface area contributed by atoms with Crippen molar-refractivity contribution in [1.82, 2.24) is 10.3 Å². The van der Waals surface area contributed by atoms with E-state index in [1.807, 2.05) is 12.3 Å². The lowest BCUT2D eigenvalue weighted by Gasteiger charge is -2.12. The summed E-state index contributed by atoms with van der Waals surface area (Å²) in [4.78, 5) is 5.09. The summed E-state index contributed by atoms with van der Waals surface area (Å²) in [6.45, 7) is 2.77. The molecule has 17 heavy (non-hydrogen) atoms. The van der Waals surface area contributed by atoms with Gasteiger partial charge in [0.25, 0.3) is 0 Å². The van der Waals surface area contributed by atoms with Crippen molar-refractivity contribution in [3.8, 4) is 0 Å². The Hall–Kier alpha value is -0.780. The standard InChI is InChI=1S/C12H12BrFN2S/c1-8(9-2-11(14)5-15-4-9)16-6-12-3-10(13)7-17-12/h2-5,7-8,16H,6H2,1H3. The summed E-state index contributed by atoms with van der Waals surface area (Å²) in [6, 6.07) is 3.67. The molecule has 0 amide bonds. The van der Waals surface area contributed by atoms with Crippen LogP contribution in [0.25, 0.3) is 0 Å². The second kappa shape index (κ2) is 5.71. The molecule has 2 heterocycles. The fraction of sp³-hybridized carbons (Fsp3) is 0.250. The molecule has 0 aliphatic carbocycles.